The van der Waals surface area contributed by atoms with Gasteiger partial charge in [-0.25, -0.2) is 0 Å². The van der Waals surface area contributed by atoms with Gasteiger partial charge in [0.1, 0.15) is 0 Å². The van der Waals surface area contributed by atoms with Crippen molar-refractivity contribution >= 4 is 8.07 Å². The summed E-state index contributed by atoms with van der Waals surface area (Å²) in [4.78, 5) is 0. The minimum Gasteiger partial charge on any atom is -0.0808 e. The molecule has 1 heteroatoms. The topological polar surface area (TPSA) is 0 Å². The van der Waals surface area contributed by atoms with Gasteiger partial charge in [0, 0.05) is 0 Å². The second-order valence-corrected chi connectivity index (χ2v) is 15.7. The summed E-state index contributed by atoms with van der Waals surface area (Å²) in [6.45, 7) is 10.1. The van der Waals surface area contributed by atoms with Gasteiger partial charge in [-0.2, -0.15) is 0 Å². The van der Waals surface area contributed by atoms with E-state index >= 15 is 0 Å². The molecule has 0 aromatic rings. The molecular weight excluding hydrogens is 340 g/mol. The van der Waals surface area contributed by atoms with E-state index in [0.717, 1.165) is 46.6 Å². The fourth-order valence-corrected chi connectivity index (χ4v) is 17.5. The van der Waals surface area contributed by atoms with Crippen molar-refractivity contribution < 1.29 is 0 Å². The maximum atomic E-state index is 2.65. The van der Waals surface area contributed by atoms with Crippen molar-refractivity contribution in [3.05, 3.63) is 47.6 Å². The standard InChI is InChI=1S/C26H38Si/c1-17-9-7-11-21-23(17)15-19(3)25(21)27(13-5-6-14-27)26-20(4)16-24-18(2)10-8-12-22(24)26/h7-12,19-26H,5-6,13-16H2,1-4H3. The fraction of sp³-hybridized carbons (Fsp3) is 0.692. The van der Waals surface area contributed by atoms with Crippen LogP contribution in [0, 0.1) is 35.5 Å². The Morgan fingerprint density at radius 3 is 1.63 bits per heavy atom. The molecule has 27 heavy (non-hydrogen) atoms. The molecule has 8 atom stereocenters. The molecule has 5 aliphatic rings. The van der Waals surface area contributed by atoms with Gasteiger partial charge in [-0.05, 0) is 73.3 Å². The third-order valence-corrected chi connectivity index (χ3v) is 16.8. The molecule has 0 spiro atoms. The third kappa shape index (κ3) is 2.60. The number of allylic oxidation sites excluding steroid dienone is 8. The predicted molar refractivity (Wildman–Crippen MR) is 119 cm³/mol. The first kappa shape index (κ1) is 18.2. The van der Waals surface area contributed by atoms with E-state index in [1.165, 1.54) is 25.7 Å². The Morgan fingerprint density at radius 1 is 0.741 bits per heavy atom. The van der Waals surface area contributed by atoms with Gasteiger partial charge in [-0.3, -0.25) is 0 Å². The molecule has 146 valence electrons. The van der Waals surface area contributed by atoms with Crippen molar-refractivity contribution in [2.45, 2.75) is 76.5 Å². The maximum absolute atomic E-state index is 2.65. The lowest BCUT2D eigenvalue weighted by Gasteiger charge is -2.48. The summed E-state index contributed by atoms with van der Waals surface area (Å²) in [5.41, 5.74) is 5.42. The summed E-state index contributed by atoms with van der Waals surface area (Å²) in [5, 5.41) is 0. The van der Waals surface area contributed by atoms with Gasteiger partial charge in [0.2, 0.25) is 0 Å². The lowest BCUT2D eigenvalue weighted by molar-refractivity contribution is 0.477. The monoisotopic (exact) mass is 378 g/mol. The zero-order valence-electron chi connectivity index (χ0n) is 17.8. The van der Waals surface area contributed by atoms with Crippen LogP contribution < -0.4 is 0 Å². The minimum absolute atomic E-state index is 0.857. The molecule has 2 saturated carbocycles. The Morgan fingerprint density at radius 2 is 1.19 bits per heavy atom. The number of hydrogen-bond acceptors (Lipinski definition) is 0. The Balaban J connectivity index is 1.56. The van der Waals surface area contributed by atoms with Gasteiger partial charge < -0.3 is 0 Å². The van der Waals surface area contributed by atoms with E-state index in [4.69, 9.17) is 0 Å². The molecule has 1 saturated heterocycles. The number of rotatable bonds is 2. The zero-order valence-corrected chi connectivity index (χ0v) is 18.8. The van der Waals surface area contributed by atoms with Crippen LogP contribution in [0.2, 0.25) is 23.2 Å². The van der Waals surface area contributed by atoms with Crippen LogP contribution in [0.4, 0.5) is 0 Å². The molecule has 0 aromatic heterocycles. The molecule has 0 nitrogen and oxygen atoms in total. The largest absolute Gasteiger partial charge is 0.0808 e. The van der Waals surface area contributed by atoms with Gasteiger partial charge in [-0.1, -0.05) is 86.4 Å². The molecule has 0 N–H and O–H groups in total. The molecular formula is C26H38Si. The second-order valence-electron chi connectivity index (χ2n) is 10.9. The van der Waals surface area contributed by atoms with E-state index in [0.29, 0.717) is 0 Å². The van der Waals surface area contributed by atoms with Gasteiger partial charge in [0.15, 0.2) is 0 Å². The van der Waals surface area contributed by atoms with Crippen LogP contribution in [-0.4, -0.2) is 8.07 Å². The average molecular weight is 379 g/mol. The van der Waals surface area contributed by atoms with E-state index in [-0.39, 0.29) is 0 Å². The molecule has 5 rings (SSSR count). The summed E-state index contributed by atoms with van der Waals surface area (Å²) < 4.78 is 0. The lowest BCUT2D eigenvalue weighted by atomic mass is 9.85. The Kier molecular flexibility index (Phi) is 4.46. The first-order chi connectivity index (χ1) is 13.0. The molecule has 0 radical (unpaired) electrons. The fourth-order valence-electron chi connectivity index (χ4n) is 8.89. The van der Waals surface area contributed by atoms with Crippen LogP contribution in [-0.2, 0) is 0 Å². The zero-order chi connectivity index (χ0) is 18.8. The highest BCUT2D eigenvalue weighted by Gasteiger charge is 2.61. The van der Waals surface area contributed by atoms with Crippen LogP contribution in [0.1, 0.15) is 53.4 Å². The number of fused-ring (bicyclic) bond motifs is 2. The van der Waals surface area contributed by atoms with E-state index < -0.39 is 8.07 Å². The third-order valence-electron chi connectivity index (χ3n) is 9.65. The van der Waals surface area contributed by atoms with Crippen LogP contribution in [0.5, 0.6) is 0 Å². The van der Waals surface area contributed by atoms with Gasteiger partial charge in [0.25, 0.3) is 0 Å². The molecule has 3 fully saturated rings. The first-order valence-electron chi connectivity index (χ1n) is 11.7. The summed E-state index contributed by atoms with van der Waals surface area (Å²) in [6.07, 6.45) is 20.9. The molecule has 0 bridgehead atoms. The number of hydrogen-bond donors (Lipinski definition) is 0. The SMILES string of the molecule is CC1=CC=CC2C1CC(C)C2[Si]1(C2C(C)CC3C(C)=CC=CC32)CCCC1. The summed E-state index contributed by atoms with van der Waals surface area (Å²) in [5.74, 6) is 5.32. The van der Waals surface area contributed by atoms with Crippen molar-refractivity contribution in [3.8, 4) is 0 Å². The summed E-state index contributed by atoms with van der Waals surface area (Å²) >= 11 is 0. The summed E-state index contributed by atoms with van der Waals surface area (Å²) in [6, 6.07) is 3.27. The smallest absolute Gasteiger partial charge is 0.0615 e. The van der Waals surface area contributed by atoms with Crippen molar-refractivity contribution in [3.63, 3.8) is 0 Å². The molecule has 0 amide bonds. The molecule has 4 aliphatic carbocycles. The van der Waals surface area contributed by atoms with Crippen LogP contribution in [0.25, 0.3) is 0 Å². The highest BCUT2D eigenvalue weighted by Crippen LogP contribution is 2.67. The lowest BCUT2D eigenvalue weighted by Crippen LogP contribution is -2.48. The predicted octanol–water partition coefficient (Wildman–Crippen LogP) is 7.55. The quantitative estimate of drug-likeness (QED) is 0.435. The first-order valence-corrected chi connectivity index (χ1v) is 14.3. The average Bonchev–Trinajstić information content (AvgIpc) is 3.31. The van der Waals surface area contributed by atoms with Crippen LogP contribution in [0.3, 0.4) is 0 Å². The van der Waals surface area contributed by atoms with Gasteiger partial charge in [0.05, 0.1) is 8.07 Å². The van der Waals surface area contributed by atoms with E-state index in [2.05, 4.69) is 64.2 Å². The molecule has 1 aliphatic heterocycles. The van der Waals surface area contributed by atoms with Gasteiger partial charge in [-0.15, -0.1) is 0 Å². The highest BCUT2D eigenvalue weighted by molar-refractivity contribution is 6.83. The van der Waals surface area contributed by atoms with E-state index in [9.17, 15) is 0 Å². The molecule has 0 aromatic carbocycles. The van der Waals surface area contributed by atoms with Crippen molar-refractivity contribution in [1.82, 2.24) is 0 Å². The molecule has 1 heterocycles. The van der Waals surface area contributed by atoms with Crippen LogP contribution >= 0.6 is 0 Å². The van der Waals surface area contributed by atoms with Crippen molar-refractivity contribution in [2.24, 2.45) is 35.5 Å². The Hall–Kier alpha value is -0.823. The van der Waals surface area contributed by atoms with Crippen LogP contribution in [0.15, 0.2) is 47.6 Å². The summed E-state index contributed by atoms with van der Waals surface area (Å²) in [7, 11) is -1.32. The van der Waals surface area contributed by atoms with E-state index in [1.54, 1.807) is 23.2 Å². The van der Waals surface area contributed by atoms with Crippen molar-refractivity contribution in [2.75, 3.05) is 0 Å². The minimum atomic E-state index is -1.32. The van der Waals surface area contributed by atoms with Gasteiger partial charge >= 0.3 is 0 Å². The maximum Gasteiger partial charge on any atom is 0.0615 e. The Bertz CT molecular complexity index is 660. The normalized spacial score (nSPS) is 47.6. The van der Waals surface area contributed by atoms with E-state index in [1.807, 2.05) is 0 Å². The Labute approximate surface area is 167 Å². The molecule has 8 unspecified atom stereocenters. The highest BCUT2D eigenvalue weighted by atomic mass is 28.3. The van der Waals surface area contributed by atoms with Crippen molar-refractivity contribution in [1.29, 1.82) is 0 Å². The second kappa shape index (κ2) is 6.61.